The molecule has 0 heterocycles. The number of carbonyl (C=O) groups excluding carboxylic acids is 1. The van der Waals surface area contributed by atoms with E-state index >= 15 is 0 Å². The van der Waals surface area contributed by atoms with Crippen molar-refractivity contribution >= 4 is 27.8 Å². The molecule has 3 N–H and O–H groups in total. The number of amides is 1. The normalized spacial score (nSPS) is 15.7. The number of nitrogens with zero attached hydrogens (tertiary/aromatic N) is 1. The maximum absolute atomic E-state index is 12.3. The predicted molar refractivity (Wildman–Crippen MR) is 77.9 cm³/mol. The summed E-state index contributed by atoms with van der Waals surface area (Å²) in [6.45, 7) is 0.457. The van der Waals surface area contributed by atoms with Gasteiger partial charge in [-0.1, -0.05) is 34.1 Å². The van der Waals surface area contributed by atoms with Crippen LogP contribution in [-0.4, -0.2) is 34.0 Å². The molecular formula is C14H17BrN2O3. The van der Waals surface area contributed by atoms with Crippen LogP contribution in [0.15, 0.2) is 28.7 Å². The molecule has 0 radical (unpaired) electrons. The van der Waals surface area contributed by atoms with Gasteiger partial charge in [0.2, 0.25) is 5.91 Å². The summed E-state index contributed by atoms with van der Waals surface area (Å²) in [6, 6.07) is 6.89. The average Bonchev–Trinajstić information content (AvgIpc) is 3.20. The molecule has 1 unspecified atom stereocenters. The van der Waals surface area contributed by atoms with Crippen molar-refractivity contribution in [1.82, 2.24) is 4.90 Å². The number of aliphatic carboxylic acids is 1. The minimum Gasteiger partial charge on any atom is -0.481 e. The molecule has 6 heteroatoms. The number of halogens is 1. The highest BCUT2D eigenvalue weighted by Gasteiger charge is 2.35. The second kappa shape index (κ2) is 6.37. The molecule has 5 nitrogen and oxygen atoms in total. The Labute approximate surface area is 125 Å². The first kappa shape index (κ1) is 15.0. The Bertz CT molecular complexity index is 517. The largest absolute Gasteiger partial charge is 0.481 e. The van der Waals surface area contributed by atoms with Crippen molar-refractivity contribution in [3.63, 3.8) is 0 Å². The predicted octanol–water partition coefficient (Wildman–Crippen LogP) is 1.74. The number of carbonyl (C=O) groups is 2. The second-order valence-electron chi connectivity index (χ2n) is 4.99. The topological polar surface area (TPSA) is 83.6 Å². The molecule has 1 aliphatic rings. The number of nitrogens with two attached hydrogens (primary N) is 1. The van der Waals surface area contributed by atoms with Crippen molar-refractivity contribution < 1.29 is 14.7 Å². The Morgan fingerprint density at radius 2 is 2.05 bits per heavy atom. The Balaban J connectivity index is 2.09. The number of carboxylic acids is 1. The molecule has 1 aromatic rings. The highest BCUT2D eigenvalue weighted by atomic mass is 79.9. The van der Waals surface area contributed by atoms with Crippen molar-refractivity contribution in [2.75, 3.05) is 0 Å². The third-order valence-corrected chi connectivity index (χ3v) is 4.05. The molecule has 1 fully saturated rings. The maximum atomic E-state index is 12.3. The highest BCUT2D eigenvalue weighted by Crippen LogP contribution is 2.30. The van der Waals surface area contributed by atoms with Gasteiger partial charge in [0.1, 0.15) is 0 Å². The zero-order valence-corrected chi connectivity index (χ0v) is 12.5. The lowest BCUT2D eigenvalue weighted by Crippen LogP contribution is -2.45. The molecule has 1 saturated carbocycles. The minimum absolute atomic E-state index is 0.189. The van der Waals surface area contributed by atoms with E-state index in [0.29, 0.717) is 6.54 Å². The molecule has 108 valence electrons. The fraction of sp³-hybridized carbons (Fsp3) is 0.429. The van der Waals surface area contributed by atoms with E-state index in [0.717, 1.165) is 22.9 Å². The molecule has 0 saturated heterocycles. The Morgan fingerprint density at radius 1 is 1.40 bits per heavy atom. The number of rotatable bonds is 6. The van der Waals surface area contributed by atoms with Crippen LogP contribution in [-0.2, 0) is 16.1 Å². The zero-order chi connectivity index (χ0) is 14.7. The van der Waals surface area contributed by atoms with Gasteiger partial charge in [-0.3, -0.25) is 9.59 Å². The molecule has 0 bridgehead atoms. The third kappa shape index (κ3) is 3.80. The van der Waals surface area contributed by atoms with Gasteiger partial charge < -0.3 is 15.7 Å². The summed E-state index contributed by atoms with van der Waals surface area (Å²) in [7, 11) is 0. The molecule has 1 atom stereocenters. The summed E-state index contributed by atoms with van der Waals surface area (Å²) in [4.78, 5) is 24.7. The van der Waals surface area contributed by atoms with E-state index < -0.39 is 12.0 Å². The first-order valence-electron chi connectivity index (χ1n) is 6.50. The summed E-state index contributed by atoms with van der Waals surface area (Å²) in [6.07, 6.45) is 1.57. The van der Waals surface area contributed by atoms with Gasteiger partial charge in [-0.15, -0.1) is 0 Å². The van der Waals surface area contributed by atoms with E-state index in [1.165, 1.54) is 0 Å². The van der Waals surface area contributed by atoms with Crippen molar-refractivity contribution in [3.05, 3.63) is 34.3 Å². The van der Waals surface area contributed by atoms with E-state index in [2.05, 4.69) is 15.9 Å². The minimum atomic E-state index is -1.05. The summed E-state index contributed by atoms with van der Waals surface area (Å²) in [5, 5.41) is 8.74. The Morgan fingerprint density at radius 3 is 2.60 bits per heavy atom. The maximum Gasteiger partial charge on any atom is 0.305 e. The van der Waals surface area contributed by atoms with Gasteiger partial charge >= 0.3 is 5.97 Å². The van der Waals surface area contributed by atoms with Crippen LogP contribution in [0, 0.1) is 0 Å². The molecule has 20 heavy (non-hydrogen) atoms. The van der Waals surface area contributed by atoms with Crippen LogP contribution < -0.4 is 5.73 Å². The number of carboxylic acid groups (broad SMARTS) is 1. The standard InChI is InChI=1S/C14H17BrN2O3/c15-11-4-2-1-3-9(11)8-17(10-5-6-10)14(20)12(16)7-13(18)19/h1-4,10,12H,5-8,16H2,(H,18,19). The van der Waals surface area contributed by atoms with E-state index in [4.69, 9.17) is 10.8 Å². The zero-order valence-electron chi connectivity index (χ0n) is 11.0. The molecular weight excluding hydrogens is 324 g/mol. The molecule has 0 spiro atoms. The summed E-state index contributed by atoms with van der Waals surface area (Å²) >= 11 is 3.46. The molecule has 1 amide bonds. The van der Waals surface area contributed by atoms with Gasteiger partial charge in [-0.05, 0) is 24.5 Å². The van der Waals surface area contributed by atoms with E-state index in [-0.39, 0.29) is 18.4 Å². The van der Waals surface area contributed by atoms with Crippen LogP contribution in [0.5, 0.6) is 0 Å². The summed E-state index contributed by atoms with van der Waals surface area (Å²) in [5.74, 6) is -1.34. The van der Waals surface area contributed by atoms with Gasteiger partial charge in [-0.25, -0.2) is 0 Å². The number of hydrogen-bond acceptors (Lipinski definition) is 3. The molecule has 1 aliphatic carbocycles. The Kier molecular flexibility index (Phi) is 4.77. The molecule has 2 rings (SSSR count). The number of hydrogen-bond donors (Lipinski definition) is 2. The first-order valence-corrected chi connectivity index (χ1v) is 7.29. The second-order valence-corrected chi connectivity index (χ2v) is 5.85. The van der Waals surface area contributed by atoms with Crippen molar-refractivity contribution in [3.8, 4) is 0 Å². The van der Waals surface area contributed by atoms with Gasteiger partial charge in [0, 0.05) is 17.1 Å². The number of benzene rings is 1. The van der Waals surface area contributed by atoms with E-state index in [1.54, 1.807) is 4.90 Å². The van der Waals surface area contributed by atoms with Crippen molar-refractivity contribution in [2.24, 2.45) is 5.73 Å². The van der Waals surface area contributed by atoms with Crippen LogP contribution >= 0.6 is 15.9 Å². The summed E-state index contributed by atoms with van der Waals surface area (Å²) in [5.41, 5.74) is 6.69. The van der Waals surface area contributed by atoms with E-state index in [9.17, 15) is 9.59 Å². The van der Waals surface area contributed by atoms with Crippen molar-refractivity contribution in [2.45, 2.75) is 37.9 Å². The van der Waals surface area contributed by atoms with Gasteiger partial charge in [0.15, 0.2) is 0 Å². The van der Waals surface area contributed by atoms with Gasteiger partial charge in [0.25, 0.3) is 0 Å². The third-order valence-electron chi connectivity index (χ3n) is 3.28. The van der Waals surface area contributed by atoms with Crippen LogP contribution in [0.1, 0.15) is 24.8 Å². The Hall–Kier alpha value is -1.40. The monoisotopic (exact) mass is 340 g/mol. The van der Waals surface area contributed by atoms with Crippen LogP contribution in [0.4, 0.5) is 0 Å². The lowest BCUT2D eigenvalue weighted by atomic mass is 10.1. The fourth-order valence-corrected chi connectivity index (χ4v) is 2.48. The lowest BCUT2D eigenvalue weighted by molar-refractivity contribution is -0.142. The molecule has 1 aromatic carbocycles. The lowest BCUT2D eigenvalue weighted by Gasteiger charge is -2.25. The van der Waals surface area contributed by atoms with Gasteiger partial charge in [0.05, 0.1) is 12.5 Å². The highest BCUT2D eigenvalue weighted by molar-refractivity contribution is 9.10. The van der Waals surface area contributed by atoms with Crippen LogP contribution in [0.25, 0.3) is 0 Å². The quantitative estimate of drug-likeness (QED) is 0.826. The van der Waals surface area contributed by atoms with Crippen LogP contribution in [0.3, 0.4) is 0 Å². The van der Waals surface area contributed by atoms with E-state index in [1.807, 2.05) is 24.3 Å². The van der Waals surface area contributed by atoms with Crippen LogP contribution in [0.2, 0.25) is 0 Å². The SMILES string of the molecule is NC(CC(=O)O)C(=O)N(Cc1ccccc1Br)C1CC1. The van der Waals surface area contributed by atoms with Gasteiger partial charge in [-0.2, -0.15) is 0 Å². The smallest absolute Gasteiger partial charge is 0.305 e. The fourth-order valence-electron chi connectivity index (χ4n) is 2.07. The average molecular weight is 341 g/mol. The van der Waals surface area contributed by atoms with Crippen molar-refractivity contribution in [1.29, 1.82) is 0 Å². The first-order chi connectivity index (χ1) is 9.49. The molecule has 0 aromatic heterocycles. The molecule has 0 aliphatic heterocycles. The summed E-state index contributed by atoms with van der Waals surface area (Å²) < 4.78 is 0.935.